The molecular formula is C29H31N5O4. The summed E-state index contributed by atoms with van der Waals surface area (Å²) in [6.07, 6.45) is 1.63. The van der Waals surface area contributed by atoms with Gasteiger partial charge < -0.3 is 29.6 Å². The average molecular weight is 514 g/mol. The minimum absolute atomic E-state index is 0.491. The summed E-state index contributed by atoms with van der Waals surface area (Å²) in [6.45, 7) is 2.97. The molecule has 9 heteroatoms. The maximum atomic E-state index is 9.29. The van der Waals surface area contributed by atoms with E-state index >= 15 is 0 Å². The number of aryl methyl sites for hydroxylation is 1. The molecule has 0 aliphatic carbocycles. The molecule has 2 aromatic carbocycles. The van der Waals surface area contributed by atoms with Gasteiger partial charge in [0, 0.05) is 48.1 Å². The number of fused-ring (bicyclic) bond motifs is 1. The van der Waals surface area contributed by atoms with Crippen LogP contribution in [0.3, 0.4) is 0 Å². The van der Waals surface area contributed by atoms with Crippen LogP contribution >= 0.6 is 0 Å². The number of nitrogens with two attached hydrogens (primary N) is 1. The minimum Gasteiger partial charge on any atom is -0.497 e. The fourth-order valence-electron chi connectivity index (χ4n) is 4.28. The molecule has 4 aromatic rings. The van der Waals surface area contributed by atoms with Crippen LogP contribution in [0.4, 0.5) is 5.82 Å². The molecule has 2 aromatic heterocycles. The number of methoxy groups -OCH3 is 4. The summed E-state index contributed by atoms with van der Waals surface area (Å²) >= 11 is 0. The Bertz CT molecular complexity index is 1430. The van der Waals surface area contributed by atoms with E-state index in [1.165, 1.54) is 0 Å². The Morgan fingerprint density at radius 1 is 0.868 bits per heavy atom. The third kappa shape index (κ3) is 5.56. The number of pyridine rings is 2. The average Bonchev–Trinajstić information content (AvgIpc) is 2.96. The van der Waals surface area contributed by atoms with Gasteiger partial charge in [0.15, 0.2) is 0 Å². The molecule has 0 aliphatic heterocycles. The third-order valence-corrected chi connectivity index (χ3v) is 6.38. The molecule has 0 aliphatic rings. The number of ether oxygens (including phenoxy) is 4. The van der Waals surface area contributed by atoms with Crippen molar-refractivity contribution in [2.24, 2.45) is 5.73 Å². The normalized spacial score (nSPS) is 11.5. The first-order valence-corrected chi connectivity index (χ1v) is 12.0. The lowest BCUT2D eigenvalue weighted by Gasteiger charge is -2.27. The van der Waals surface area contributed by atoms with E-state index in [1.54, 1.807) is 34.6 Å². The zero-order valence-corrected chi connectivity index (χ0v) is 22.2. The van der Waals surface area contributed by atoms with Crippen molar-refractivity contribution in [3.8, 4) is 29.1 Å². The van der Waals surface area contributed by atoms with Crippen LogP contribution < -0.4 is 29.6 Å². The lowest BCUT2D eigenvalue weighted by molar-refractivity contribution is 0.389. The van der Waals surface area contributed by atoms with Crippen LogP contribution in [-0.4, -0.2) is 38.4 Å². The van der Waals surface area contributed by atoms with Crippen molar-refractivity contribution in [3.63, 3.8) is 0 Å². The number of hydrogen-bond donors (Lipinski definition) is 1. The predicted molar refractivity (Wildman–Crippen MR) is 146 cm³/mol. The van der Waals surface area contributed by atoms with Crippen molar-refractivity contribution in [1.82, 2.24) is 9.97 Å². The summed E-state index contributed by atoms with van der Waals surface area (Å²) in [7, 11) is 6.52. The van der Waals surface area contributed by atoms with E-state index in [9.17, 15) is 5.26 Å². The summed E-state index contributed by atoms with van der Waals surface area (Å²) in [5.74, 6) is 3.56. The van der Waals surface area contributed by atoms with Crippen LogP contribution in [0.15, 0.2) is 54.7 Å². The largest absolute Gasteiger partial charge is 0.497 e. The van der Waals surface area contributed by atoms with Gasteiger partial charge in [-0.15, -0.1) is 0 Å². The van der Waals surface area contributed by atoms with Gasteiger partial charge >= 0.3 is 0 Å². The molecule has 2 N–H and O–H groups in total. The molecule has 0 amide bonds. The fourth-order valence-corrected chi connectivity index (χ4v) is 4.28. The summed E-state index contributed by atoms with van der Waals surface area (Å²) in [4.78, 5) is 11.6. The van der Waals surface area contributed by atoms with E-state index in [0.29, 0.717) is 47.2 Å². The number of aromatic nitrogens is 2. The van der Waals surface area contributed by atoms with E-state index in [-0.39, 0.29) is 0 Å². The summed E-state index contributed by atoms with van der Waals surface area (Å²) in [5, 5.41) is 9.29. The van der Waals surface area contributed by atoms with E-state index in [4.69, 9.17) is 29.7 Å². The maximum absolute atomic E-state index is 9.29. The highest BCUT2D eigenvalue weighted by Gasteiger charge is 2.18. The van der Waals surface area contributed by atoms with Crippen molar-refractivity contribution >= 4 is 16.9 Å². The molecule has 0 spiro atoms. The summed E-state index contributed by atoms with van der Waals surface area (Å²) in [6, 6.07) is 16.6. The molecule has 1 atom stereocenters. The molecule has 0 saturated heterocycles. The van der Waals surface area contributed by atoms with Crippen molar-refractivity contribution in [3.05, 3.63) is 77.0 Å². The Kier molecular flexibility index (Phi) is 8.14. The summed E-state index contributed by atoms with van der Waals surface area (Å²) < 4.78 is 22.1. The van der Waals surface area contributed by atoms with E-state index in [1.807, 2.05) is 55.5 Å². The van der Waals surface area contributed by atoms with Gasteiger partial charge in [0.05, 0.1) is 45.5 Å². The Morgan fingerprint density at radius 2 is 1.45 bits per heavy atom. The van der Waals surface area contributed by atoms with Gasteiger partial charge in [-0.1, -0.05) is 0 Å². The number of hydrogen-bond acceptors (Lipinski definition) is 9. The molecule has 4 rings (SSSR count). The second-order valence-corrected chi connectivity index (χ2v) is 8.75. The molecule has 1 unspecified atom stereocenters. The molecule has 9 nitrogen and oxygen atoms in total. The van der Waals surface area contributed by atoms with Crippen LogP contribution in [0.25, 0.3) is 11.0 Å². The number of rotatable bonds is 10. The maximum Gasteiger partial charge on any atom is 0.130 e. The van der Waals surface area contributed by atoms with E-state index < -0.39 is 6.04 Å². The zero-order chi connectivity index (χ0) is 27.2. The first-order valence-electron chi connectivity index (χ1n) is 12.0. The molecule has 0 radical (unpaired) electrons. The Morgan fingerprint density at radius 3 is 1.95 bits per heavy atom. The van der Waals surface area contributed by atoms with Crippen molar-refractivity contribution < 1.29 is 18.9 Å². The SMILES string of the molecule is COc1ccc(CN(Cc2ccc(OC)cc2OC)c2cc(C)c3ncc(C(N)C#N)cc3n2)c(OC)c1. The minimum atomic E-state index is -0.777. The molecule has 0 fully saturated rings. The molecule has 0 bridgehead atoms. The quantitative estimate of drug-likeness (QED) is 0.322. The topological polar surface area (TPSA) is 116 Å². The smallest absolute Gasteiger partial charge is 0.130 e. The molecule has 196 valence electrons. The Hall–Kier alpha value is -4.55. The zero-order valence-electron chi connectivity index (χ0n) is 22.2. The fraction of sp³-hybridized carbons (Fsp3) is 0.276. The highest BCUT2D eigenvalue weighted by molar-refractivity contribution is 5.80. The van der Waals surface area contributed by atoms with Gasteiger partial charge in [0.25, 0.3) is 0 Å². The number of nitriles is 1. The Labute approximate surface area is 222 Å². The van der Waals surface area contributed by atoms with Crippen molar-refractivity contribution in [1.29, 1.82) is 5.26 Å². The molecule has 2 heterocycles. The first kappa shape index (κ1) is 26.5. The second kappa shape index (κ2) is 11.7. The van der Waals surface area contributed by atoms with Gasteiger partial charge in [-0.05, 0) is 48.9 Å². The summed E-state index contributed by atoms with van der Waals surface area (Å²) in [5.41, 5.74) is 10.9. The highest BCUT2D eigenvalue weighted by Crippen LogP contribution is 2.32. The van der Waals surface area contributed by atoms with Crippen molar-refractivity contribution in [2.45, 2.75) is 26.1 Å². The standard InChI is InChI=1S/C29H31N5O4/c1-18-10-28(33-25-11-21(24(31)14-30)15-32-29(18)25)34(16-19-6-8-22(35-2)12-26(19)37-4)17-20-7-9-23(36-3)13-27(20)38-5/h6-13,15,24H,16-17,31H2,1-5H3. The highest BCUT2D eigenvalue weighted by atomic mass is 16.5. The number of nitrogens with zero attached hydrogens (tertiary/aromatic N) is 4. The van der Waals surface area contributed by atoms with Crippen LogP contribution in [0.5, 0.6) is 23.0 Å². The predicted octanol–water partition coefficient (Wildman–Crippen LogP) is 4.70. The van der Waals surface area contributed by atoms with Crippen LogP contribution in [0.1, 0.15) is 28.3 Å². The van der Waals surface area contributed by atoms with Crippen molar-refractivity contribution in [2.75, 3.05) is 33.3 Å². The van der Waals surface area contributed by atoms with Crippen LogP contribution in [0.2, 0.25) is 0 Å². The van der Waals surface area contributed by atoms with E-state index in [2.05, 4.69) is 16.0 Å². The molecule has 38 heavy (non-hydrogen) atoms. The van der Waals surface area contributed by atoms with Gasteiger partial charge in [0.2, 0.25) is 0 Å². The molecule has 0 saturated carbocycles. The second-order valence-electron chi connectivity index (χ2n) is 8.75. The van der Waals surface area contributed by atoms with Crippen LogP contribution in [-0.2, 0) is 13.1 Å². The number of benzene rings is 2. The third-order valence-electron chi connectivity index (χ3n) is 6.38. The van der Waals surface area contributed by atoms with Gasteiger partial charge in [-0.3, -0.25) is 4.98 Å². The number of anilines is 1. The lowest BCUT2D eigenvalue weighted by atomic mass is 10.1. The van der Waals surface area contributed by atoms with Gasteiger partial charge in [-0.25, -0.2) is 4.98 Å². The lowest BCUT2D eigenvalue weighted by Crippen LogP contribution is -2.24. The van der Waals surface area contributed by atoms with E-state index in [0.717, 1.165) is 28.0 Å². The Balaban J connectivity index is 1.83. The first-order chi connectivity index (χ1) is 18.4. The van der Waals surface area contributed by atoms with Gasteiger partial charge in [-0.2, -0.15) is 5.26 Å². The molecular weight excluding hydrogens is 482 g/mol. The van der Waals surface area contributed by atoms with Gasteiger partial charge in [0.1, 0.15) is 34.9 Å². The van der Waals surface area contributed by atoms with Crippen LogP contribution in [0, 0.1) is 18.3 Å². The monoisotopic (exact) mass is 513 g/mol.